The molecule has 1 aromatic heterocycles. The van der Waals surface area contributed by atoms with Gasteiger partial charge in [0.25, 0.3) is 0 Å². The Kier molecular flexibility index (Phi) is 6.15. The fourth-order valence-corrected chi connectivity index (χ4v) is 4.26. The molecular weight excluding hydrogens is 288 g/mol. The minimum absolute atomic E-state index is 0.291. The third-order valence-electron chi connectivity index (χ3n) is 5.54. The Bertz CT molecular complexity index is 468. The van der Waals surface area contributed by atoms with Gasteiger partial charge in [-0.2, -0.15) is 0 Å². The summed E-state index contributed by atoms with van der Waals surface area (Å²) in [6, 6.07) is 4.62. The molecule has 1 aliphatic carbocycles. The van der Waals surface area contributed by atoms with Crippen molar-refractivity contribution in [3.8, 4) is 0 Å². The van der Waals surface area contributed by atoms with Crippen LogP contribution in [0, 0.1) is 12.8 Å². The average molecular weight is 320 g/mol. The highest BCUT2D eigenvalue weighted by atomic mass is 16.3. The van der Waals surface area contributed by atoms with E-state index in [-0.39, 0.29) is 0 Å². The van der Waals surface area contributed by atoms with Crippen LogP contribution in [0.4, 0.5) is 0 Å². The number of aliphatic hydroxyl groups excluding tert-OH is 1. The molecule has 0 unspecified atom stereocenters. The van der Waals surface area contributed by atoms with Gasteiger partial charge in [0.1, 0.15) is 11.5 Å². The molecule has 130 valence electrons. The normalized spacial score (nSPS) is 25.0. The van der Waals surface area contributed by atoms with Crippen molar-refractivity contribution in [1.82, 2.24) is 9.80 Å². The van der Waals surface area contributed by atoms with Gasteiger partial charge in [-0.1, -0.05) is 19.3 Å². The lowest BCUT2D eigenvalue weighted by Crippen LogP contribution is -2.54. The second-order valence-electron chi connectivity index (χ2n) is 7.41. The Hall–Kier alpha value is -0.840. The molecule has 0 aromatic carbocycles. The van der Waals surface area contributed by atoms with Gasteiger partial charge >= 0.3 is 0 Å². The van der Waals surface area contributed by atoms with Gasteiger partial charge in [-0.3, -0.25) is 9.80 Å². The van der Waals surface area contributed by atoms with Crippen LogP contribution in [0.2, 0.25) is 0 Å². The quantitative estimate of drug-likeness (QED) is 0.874. The molecule has 0 bridgehead atoms. The number of piperazine rings is 1. The van der Waals surface area contributed by atoms with E-state index < -0.39 is 0 Å². The van der Waals surface area contributed by atoms with Crippen molar-refractivity contribution in [1.29, 1.82) is 0 Å². The molecule has 2 aliphatic rings. The van der Waals surface area contributed by atoms with Crippen molar-refractivity contribution in [3.63, 3.8) is 0 Å². The maximum Gasteiger partial charge on any atom is 0.118 e. The van der Waals surface area contributed by atoms with Crippen LogP contribution < -0.4 is 0 Å². The van der Waals surface area contributed by atoms with Gasteiger partial charge in [0.2, 0.25) is 0 Å². The zero-order valence-electron chi connectivity index (χ0n) is 14.5. The summed E-state index contributed by atoms with van der Waals surface area (Å²) in [5.41, 5.74) is 0. The Morgan fingerprint density at radius 2 is 2.00 bits per heavy atom. The summed E-state index contributed by atoms with van der Waals surface area (Å²) < 4.78 is 5.73. The fraction of sp³-hybridized carbons (Fsp3) is 0.789. The summed E-state index contributed by atoms with van der Waals surface area (Å²) in [6.07, 6.45) is 7.93. The number of aliphatic hydroxyl groups is 1. The molecule has 3 rings (SSSR count). The summed E-state index contributed by atoms with van der Waals surface area (Å²) in [5, 5.41) is 9.46. The molecule has 0 spiro atoms. The van der Waals surface area contributed by atoms with E-state index >= 15 is 0 Å². The second kappa shape index (κ2) is 8.32. The Labute approximate surface area is 140 Å². The topological polar surface area (TPSA) is 39.9 Å². The first kappa shape index (κ1) is 17.0. The SMILES string of the molecule is Cc1ccc(CN2CCN(CC3CCCCC3)[C@@H](CCO)C2)o1. The monoisotopic (exact) mass is 320 g/mol. The molecule has 1 aliphatic heterocycles. The molecule has 1 N–H and O–H groups in total. The van der Waals surface area contributed by atoms with E-state index in [0.717, 1.165) is 50.0 Å². The van der Waals surface area contributed by atoms with Crippen molar-refractivity contribution in [2.75, 3.05) is 32.8 Å². The number of rotatable bonds is 6. The van der Waals surface area contributed by atoms with E-state index in [9.17, 15) is 5.11 Å². The van der Waals surface area contributed by atoms with Crippen molar-refractivity contribution in [2.45, 2.75) is 58.0 Å². The lowest BCUT2D eigenvalue weighted by molar-refractivity contribution is 0.0373. The van der Waals surface area contributed by atoms with Crippen LogP contribution >= 0.6 is 0 Å². The maximum absolute atomic E-state index is 9.46. The van der Waals surface area contributed by atoms with Gasteiger partial charge in [-0.05, 0) is 44.2 Å². The summed E-state index contributed by atoms with van der Waals surface area (Å²) in [5.74, 6) is 2.93. The van der Waals surface area contributed by atoms with Gasteiger partial charge in [0.05, 0.1) is 6.54 Å². The van der Waals surface area contributed by atoms with Crippen LogP contribution in [-0.4, -0.2) is 53.7 Å². The Balaban J connectivity index is 1.54. The molecule has 2 fully saturated rings. The van der Waals surface area contributed by atoms with Gasteiger partial charge in [0.15, 0.2) is 0 Å². The van der Waals surface area contributed by atoms with Gasteiger partial charge in [-0.15, -0.1) is 0 Å². The van der Waals surface area contributed by atoms with Crippen LogP contribution in [0.15, 0.2) is 16.5 Å². The molecule has 23 heavy (non-hydrogen) atoms. The van der Waals surface area contributed by atoms with Crippen molar-refractivity contribution in [3.05, 3.63) is 23.7 Å². The number of aryl methyl sites for hydroxylation is 1. The van der Waals surface area contributed by atoms with Gasteiger partial charge < -0.3 is 9.52 Å². The molecule has 0 amide bonds. The second-order valence-corrected chi connectivity index (χ2v) is 7.41. The molecule has 4 heteroatoms. The molecule has 1 saturated carbocycles. The van der Waals surface area contributed by atoms with E-state index in [4.69, 9.17) is 4.42 Å². The standard InChI is InChI=1S/C19H32N2O2/c1-16-7-8-19(23-16)15-20-10-11-21(18(14-20)9-12-22)13-17-5-3-2-4-6-17/h7-8,17-18,22H,2-6,9-15H2,1H3/t18-/m0/s1. The summed E-state index contributed by atoms with van der Waals surface area (Å²) >= 11 is 0. The molecule has 0 radical (unpaired) electrons. The van der Waals surface area contributed by atoms with Crippen LogP contribution in [0.3, 0.4) is 0 Å². The zero-order valence-corrected chi connectivity index (χ0v) is 14.5. The molecule has 2 heterocycles. The van der Waals surface area contributed by atoms with E-state index in [1.807, 2.05) is 13.0 Å². The van der Waals surface area contributed by atoms with Crippen molar-refractivity contribution in [2.24, 2.45) is 5.92 Å². The molecule has 1 atom stereocenters. The zero-order chi connectivity index (χ0) is 16.1. The van der Waals surface area contributed by atoms with Gasteiger partial charge in [-0.25, -0.2) is 0 Å². The Morgan fingerprint density at radius 3 is 2.70 bits per heavy atom. The molecule has 1 aromatic rings. The highest BCUT2D eigenvalue weighted by molar-refractivity contribution is 5.05. The number of nitrogens with zero attached hydrogens (tertiary/aromatic N) is 2. The van der Waals surface area contributed by atoms with Crippen LogP contribution in [0.5, 0.6) is 0 Å². The molecular formula is C19H32N2O2. The minimum atomic E-state index is 0.291. The van der Waals surface area contributed by atoms with E-state index in [1.165, 1.54) is 38.6 Å². The third kappa shape index (κ3) is 4.82. The summed E-state index contributed by atoms with van der Waals surface area (Å²) in [4.78, 5) is 5.13. The van der Waals surface area contributed by atoms with Crippen molar-refractivity contribution < 1.29 is 9.52 Å². The maximum atomic E-state index is 9.46. The third-order valence-corrected chi connectivity index (χ3v) is 5.54. The van der Waals surface area contributed by atoms with Crippen LogP contribution in [0.25, 0.3) is 0 Å². The molecule has 4 nitrogen and oxygen atoms in total. The van der Waals surface area contributed by atoms with E-state index in [2.05, 4.69) is 15.9 Å². The first-order chi connectivity index (χ1) is 11.2. The summed E-state index contributed by atoms with van der Waals surface area (Å²) in [7, 11) is 0. The lowest BCUT2D eigenvalue weighted by Gasteiger charge is -2.43. The van der Waals surface area contributed by atoms with Crippen molar-refractivity contribution >= 4 is 0 Å². The highest BCUT2D eigenvalue weighted by Gasteiger charge is 2.29. The number of hydrogen-bond acceptors (Lipinski definition) is 4. The van der Waals surface area contributed by atoms with Crippen LogP contribution in [0.1, 0.15) is 50.0 Å². The molecule has 1 saturated heterocycles. The number of hydrogen-bond donors (Lipinski definition) is 1. The Morgan fingerprint density at radius 1 is 1.17 bits per heavy atom. The highest BCUT2D eigenvalue weighted by Crippen LogP contribution is 2.26. The number of furan rings is 1. The predicted octanol–water partition coefficient (Wildman–Crippen LogP) is 3.04. The van der Waals surface area contributed by atoms with Gasteiger partial charge in [0, 0.05) is 38.8 Å². The van der Waals surface area contributed by atoms with E-state index in [1.54, 1.807) is 0 Å². The first-order valence-electron chi connectivity index (χ1n) is 9.37. The minimum Gasteiger partial charge on any atom is -0.465 e. The largest absolute Gasteiger partial charge is 0.465 e. The lowest BCUT2D eigenvalue weighted by atomic mass is 9.88. The first-order valence-corrected chi connectivity index (χ1v) is 9.37. The average Bonchev–Trinajstić information content (AvgIpc) is 2.96. The van der Waals surface area contributed by atoms with E-state index in [0.29, 0.717) is 12.6 Å². The van der Waals surface area contributed by atoms with Crippen LogP contribution in [-0.2, 0) is 6.54 Å². The fourth-order valence-electron chi connectivity index (χ4n) is 4.26. The predicted molar refractivity (Wildman–Crippen MR) is 92.4 cm³/mol. The smallest absolute Gasteiger partial charge is 0.118 e. The summed E-state index contributed by atoms with van der Waals surface area (Å²) in [6.45, 7) is 7.70.